The summed E-state index contributed by atoms with van der Waals surface area (Å²) in [6.07, 6.45) is -1.04. The van der Waals surface area contributed by atoms with E-state index in [4.69, 9.17) is 0 Å². The molecule has 21 heavy (non-hydrogen) atoms. The van der Waals surface area contributed by atoms with Gasteiger partial charge < -0.3 is 5.32 Å². The zero-order chi connectivity index (χ0) is 15.5. The van der Waals surface area contributed by atoms with Crippen molar-refractivity contribution in [3.05, 3.63) is 29.8 Å². The first-order chi connectivity index (χ1) is 9.90. The van der Waals surface area contributed by atoms with Crippen LogP contribution in [0.15, 0.2) is 24.3 Å². The molecule has 1 aliphatic rings. The fraction of sp³-hybridized carbons (Fsp3) is 0.647. The maximum absolute atomic E-state index is 12.8. The van der Waals surface area contributed by atoms with Gasteiger partial charge in [0, 0.05) is 11.7 Å². The Morgan fingerprint density at radius 2 is 1.86 bits per heavy atom. The standard InChI is InChI=1S/C17H24F3N/c1-3-12(2)13-7-9-15(10-8-13)21-16-6-4-5-14(11-16)17(18,19)20/h7-10,12,14,16,21H,3-6,11H2,1-2H3. The average Bonchev–Trinajstić information content (AvgIpc) is 2.47. The molecule has 0 aliphatic heterocycles. The van der Waals surface area contributed by atoms with Crippen molar-refractivity contribution >= 4 is 5.69 Å². The Morgan fingerprint density at radius 1 is 1.19 bits per heavy atom. The molecule has 0 radical (unpaired) electrons. The van der Waals surface area contributed by atoms with E-state index in [9.17, 15) is 13.2 Å². The summed E-state index contributed by atoms with van der Waals surface area (Å²) in [5.74, 6) is -0.633. The lowest BCUT2D eigenvalue weighted by Gasteiger charge is -2.31. The van der Waals surface area contributed by atoms with Gasteiger partial charge in [0.05, 0.1) is 5.92 Å². The monoisotopic (exact) mass is 299 g/mol. The summed E-state index contributed by atoms with van der Waals surface area (Å²) in [5, 5.41) is 3.27. The Hall–Kier alpha value is -1.19. The molecular weight excluding hydrogens is 275 g/mol. The number of nitrogens with one attached hydrogen (secondary N) is 1. The van der Waals surface area contributed by atoms with Crippen LogP contribution in [-0.4, -0.2) is 12.2 Å². The van der Waals surface area contributed by atoms with Crippen molar-refractivity contribution < 1.29 is 13.2 Å². The quantitative estimate of drug-likeness (QED) is 0.748. The second-order valence-corrected chi connectivity index (χ2v) is 6.18. The summed E-state index contributed by atoms with van der Waals surface area (Å²) in [5.41, 5.74) is 2.20. The first-order valence-electron chi connectivity index (χ1n) is 7.83. The van der Waals surface area contributed by atoms with Crippen molar-refractivity contribution in [3.8, 4) is 0 Å². The van der Waals surface area contributed by atoms with Crippen LogP contribution in [0.3, 0.4) is 0 Å². The van der Waals surface area contributed by atoms with Crippen LogP contribution in [-0.2, 0) is 0 Å². The number of hydrogen-bond acceptors (Lipinski definition) is 1. The smallest absolute Gasteiger partial charge is 0.382 e. The third-order valence-corrected chi connectivity index (χ3v) is 4.60. The van der Waals surface area contributed by atoms with E-state index in [-0.39, 0.29) is 18.9 Å². The molecule has 0 amide bonds. The lowest BCUT2D eigenvalue weighted by Crippen LogP contribution is -2.34. The number of rotatable bonds is 4. The minimum Gasteiger partial charge on any atom is -0.382 e. The molecule has 3 atom stereocenters. The maximum Gasteiger partial charge on any atom is 0.391 e. The maximum atomic E-state index is 12.8. The molecule has 1 fully saturated rings. The van der Waals surface area contributed by atoms with Gasteiger partial charge in [0.2, 0.25) is 0 Å². The van der Waals surface area contributed by atoms with Crippen LogP contribution in [0.5, 0.6) is 0 Å². The van der Waals surface area contributed by atoms with Gasteiger partial charge in [0.1, 0.15) is 0 Å². The van der Waals surface area contributed by atoms with Gasteiger partial charge in [-0.05, 0) is 49.3 Å². The Labute approximate surface area is 124 Å². The van der Waals surface area contributed by atoms with Crippen LogP contribution in [0, 0.1) is 5.92 Å². The molecule has 4 heteroatoms. The van der Waals surface area contributed by atoms with Crippen LogP contribution in [0.4, 0.5) is 18.9 Å². The van der Waals surface area contributed by atoms with E-state index >= 15 is 0 Å². The van der Waals surface area contributed by atoms with Crippen molar-refractivity contribution in [2.75, 3.05) is 5.32 Å². The van der Waals surface area contributed by atoms with E-state index in [1.165, 1.54) is 5.56 Å². The highest BCUT2D eigenvalue weighted by atomic mass is 19.4. The molecule has 1 saturated carbocycles. The SMILES string of the molecule is CCC(C)c1ccc(NC2CCCC(C(F)(F)F)C2)cc1. The van der Waals surface area contributed by atoms with Gasteiger partial charge in [-0.2, -0.15) is 13.2 Å². The van der Waals surface area contributed by atoms with Gasteiger partial charge in [-0.1, -0.05) is 32.4 Å². The topological polar surface area (TPSA) is 12.0 Å². The van der Waals surface area contributed by atoms with Gasteiger partial charge in [-0.25, -0.2) is 0 Å². The van der Waals surface area contributed by atoms with E-state index in [0.29, 0.717) is 12.3 Å². The molecule has 0 spiro atoms. The molecule has 118 valence electrons. The second kappa shape index (κ2) is 6.71. The van der Waals surface area contributed by atoms with E-state index in [2.05, 4.69) is 31.3 Å². The zero-order valence-electron chi connectivity index (χ0n) is 12.7. The summed E-state index contributed by atoms with van der Waals surface area (Å²) in [6.45, 7) is 4.33. The lowest BCUT2D eigenvalue weighted by atomic mass is 9.85. The largest absolute Gasteiger partial charge is 0.391 e. The minimum atomic E-state index is -4.05. The molecule has 0 heterocycles. The third kappa shape index (κ3) is 4.39. The number of benzene rings is 1. The molecule has 2 rings (SSSR count). The minimum absolute atomic E-state index is 0.0696. The number of halogens is 3. The number of anilines is 1. The van der Waals surface area contributed by atoms with Crippen LogP contribution in [0.1, 0.15) is 57.4 Å². The summed E-state index contributed by atoms with van der Waals surface area (Å²) < 4.78 is 38.4. The average molecular weight is 299 g/mol. The van der Waals surface area contributed by atoms with Crippen molar-refractivity contribution in [1.82, 2.24) is 0 Å². The zero-order valence-corrected chi connectivity index (χ0v) is 12.7. The van der Waals surface area contributed by atoms with Crippen molar-refractivity contribution in [1.29, 1.82) is 0 Å². The van der Waals surface area contributed by atoms with Crippen molar-refractivity contribution in [2.45, 2.75) is 64.1 Å². The predicted octanol–water partition coefficient (Wildman–Crippen LogP) is 5.73. The summed E-state index contributed by atoms with van der Waals surface area (Å²) in [6, 6.07) is 8.04. The fourth-order valence-electron chi connectivity index (χ4n) is 3.00. The third-order valence-electron chi connectivity index (χ3n) is 4.60. The molecule has 1 N–H and O–H groups in total. The lowest BCUT2D eigenvalue weighted by molar-refractivity contribution is -0.182. The molecule has 0 aromatic heterocycles. The molecule has 1 aliphatic carbocycles. The molecule has 1 aromatic rings. The molecule has 1 nitrogen and oxygen atoms in total. The van der Waals surface area contributed by atoms with E-state index in [1.54, 1.807) is 0 Å². The summed E-state index contributed by atoms with van der Waals surface area (Å²) in [7, 11) is 0. The van der Waals surface area contributed by atoms with Crippen LogP contribution < -0.4 is 5.32 Å². The highest BCUT2D eigenvalue weighted by Gasteiger charge is 2.42. The Bertz CT molecular complexity index is 438. The molecule has 0 saturated heterocycles. The van der Waals surface area contributed by atoms with Gasteiger partial charge >= 0.3 is 6.18 Å². The van der Waals surface area contributed by atoms with Gasteiger partial charge in [-0.3, -0.25) is 0 Å². The highest BCUT2D eigenvalue weighted by molar-refractivity contribution is 5.46. The van der Waals surface area contributed by atoms with Gasteiger partial charge in [0.15, 0.2) is 0 Å². The van der Waals surface area contributed by atoms with E-state index in [1.807, 2.05) is 12.1 Å². The van der Waals surface area contributed by atoms with E-state index < -0.39 is 12.1 Å². The van der Waals surface area contributed by atoms with Crippen LogP contribution in [0.2, 0.25) is 0 Å². The Balaban J connectivity index is 1.95. The van der Waals surface area contributed by atoms with Crippen LogP contribution >= 0.6 is 0 Å². The Kier molecular flexibility index (Phi) is 5.17. The second-order valence-electron chi connectivity index (χ2n) is 6.18. The first kappa shape index (κ1) is 16.2. The summed E-state index contributed by atoms with van der Waals surface area (Å²) >= 11 is 0. The van der Waals surface area contributed by atoms with Gasteiger partial charge in [-0.15, -0.1) is 0 Å². The van der Waals surface area contributed by atoms with E-state index in [0.717, 1.165) is 18.5 Å². The van der Waals surface area contributed by atoms with Crippen molar-refractivity contribution in [3.63, 3.8) is 0 Å². The Morgan fingerprint density at radius 3 is 2.43 bits per heavy atom. The fourth-order valence-corrected chi connectivity index (χ4v) is 3.00. The molecule has 3 unspecified atom stereocenters. The van der Waals surface area contributed by atoms with Crippen molar-refractivity contribution in [2.24, 2.45) is 5.92 Å². The summed E-state index contributed by atoms with van der Waals surface area (Å²) in [4.78, 5) is 0. The predicted molar refractivity (Wildman–Crippen MR) is 80.6 cm³/mol. The number of alkyl halides is 3. The molecule has 1 aromatic carbocycles. The van der Waals surface area contributed by atoms with Crippen LogP contribution in [0.25, 0.3) is 0 Å². The highest BCUT2D eigenvalue weighted by Crippen LogP contribution is 2.38. The van der Waals surface area contributed by atoms with Gasteiger partial charge in [0.25, 0.3) is 0 Å². The number of hydrogen-bond donors (Lipinski definition) is 1. The molecular formula is C17H24F3N. The molecule has 0 bridgehead atoms. The normalized spacial score (nSPS) is 24.6. The first-order valence-corrected chi connectivity index (χ1v) is 7.83.